The number of aryl methyl sites for hydroxylation is 1. The molecule has 0 unspecified atom stereocenters. The van der Waals surface area contributed by atoms with Crippen LogP contribution in [0.2, 0.25) is 0 Å². The molecular formula is C20H24N2O4S2. The number of hydrogen-bond donors (Lipinski definition) is 2. The summed E-state index contributed by atoms with van der Waals surface area (Å²) in [5.74, 6) is 0.462. The molecule has 0 bridgehead atoms. The standard InChI is InChI=1S/C20H24N2O4S2/c1-2-26-14-9-11-15(12-10-14)28(24,25)22-20-18(19(23)21-13-7-8-13)16-5-3-4-6-17(16)27-20/h9-13,22H,2-8H2,1H3,(H,21,23). The zero-order valence-corrected chi connectivity index (χ0v) is 17.4. The van der Waals surface area contributed by atoms with Crippen molar-refractivity contribution >= 4 is 32.3 Å². The van der Waals surface area contributed by atoms with Gasteiger partial charge in [0.05, 0.1) is 17.1 Å². The number of rotatable bonds is 7. The van der Waals surface area contributed by atoms with Gasteiger partial charge in [-0.25, -0.2) is 8.42 Å². The predicted octanol–water partition coefficient (Wildman–Crippen LogP) is 3.72. The Hall–Kier alpha value is -2.06. The van der Waals surface area contributed by atoms with Gasteiger partial charge in [-0.15, -0.1) is 11.3 Å². The van der Waals surface area contributed by atoms with Gasteiger partial charge in [-0.05, 0) is 75.3 Å². The fourth-order valence-electron chi connectivity index (χ4n) is 3.43. The molecule has 4 rings (SSSR count). The summed E-state index contributed by atoms with van der Waals surface area (Å²) in [5, 5.41) is 3.44. The number of amides is 1. The van der Waals surface area contributed by atoms with E-state index in [0.29, 0.717) is 22.9 Å². The molecule has 150 valence electrons. The largest absolute Gasteiger partial charge is 0.494 e. The lowest BCUT2D eigenvalue weighted by molar-refractivity contribution is 0.0951. The van der Waals surface area contributed by atoms with Crippen LogP contribution in [0.5, 0.6) is 5.75 Å². The molecule has 1 saturated carbocycles. The van der Waals surface area contributed by atoms with Crippen molar-refractivity contribution in [1.29, 1.82) is 0 Å². The topological polar surface area (TPSA) is 84.5 Å². The summed E-state index contributed by atoms with van der Waals surface area (Å²) in [4.78, 5) is 14.1. The van der Waals surface area contributed by atoms with Gasteiger partial charge in [-0.1, -0.05) is 0 Å². The molecule has 2 N–H and O–H groups in total. The highest BCUT2D eigenvalue weighted by molar-refractivity contribution is 7.93. The molecule has 8 heteroatoms. The lowest BCUT2D eigenvalue weighted by Gasteiger charge is -2.13. The quantitative estimate of drug-likeness (QED) is 0.715. The first kappa shape index (κ1) is 19.3. The van der Waals surface area contributed by atoms with E-state index in [1.165, 1.54) is 23.5 Å². The van der Waals surface area contributed by atoms with Crippen LogP contribution in [0.4, 0.5) is 5.00 Å². The van der Waals surface area contributed by atoms with Crippen LogP contribution in [0.15, 0.2) is 29.2 Å². The lowest BCUT2D eigenvalue weighted by Crippen LogP contribution is -2.27. The van der Waals surface area contributed by atoms with Gasteiger partial charge >= 0.3 is 0 Å². The molecule has 2 aliphatic rings. The number of sulfonamides is 1. The maximum absolute atomic E-state index is 12.9. The summed E-state index contributed by atoms with van der Waals surface area (Å²) in [6, 6.07) is 6.54. The highest BCUT2D eigenvalue weighted by Gasteiger charge is 2.31. The van der Waals surface area contributed by atoms with Gasteiger partial charge in [0.2, 0.25) is 0 Å². The van der Waals surface area contributed by atoms with Crippen LogP contribution in [0, 0.1) is 0 Å². The number of thiophene rings is 1. The van der Waals surface area contributed by atoms with Gasteiger partial charge in [0.25, 0.3) is 15.9 Å². The first-order valence-corrected chi connectivity index (χ1v) is 12.0. The molecule has 0 spiro atoms. The van der Waals surface area contributed by atoms with E-state index in [1.807, 2.05) is 6.92 Å². The monoisotopic (exact) mass is 420 g/mol. The van der Waals surface area contributed by atoms with Crippen LogP contribution < -0.4 is 14.8 Å². The third kappa shape index (κ3) is 4.03. The van der Waals surface area contributed by atoms with Crippen molar-refractivity contribution in [3.8, 4) is 5.75 Å². The number of nitrogens with one attached hydrogen (secondary N) is 2. The number of hydrogen-bond acceptors (Lipinski definition) is 5. The molecular weight excluding hydrogens is 396 g/mol. The molecule has 1 amide bonds. The van der Waals surface area contributed by atoms with Gasteiger partial charge in [-0.3, -0.25) is 9.52 Å². The first-order valence-electron chi connectivity index (χ1n) is 9.69. The van der Waals surface area contributed by atoms with Crippen LogP contribution in [-0.4, -0.2) is 27.0 Å². The Labute approximate surface area is 169 Å². The van der Waals surface area contributed by atoms with Crippen LogP contribution >= 0.6 is 11.3 Å². The molecule has 28 heavy (non-hydrogen) atoms. The number of anilines is 1. The smallest absolute Gasteiger partial charge is 0.262 e. The van der Waals surface area contributed by atoms with Crippen LogP contribution in [0.3, 0.4) is 0 Å². The highest BCUT2D eigenvalue weighted by atomic mass is 32.2. The summed E-state index contributed by atoms with van der Waals surface area (Å²) >= 11 is 1.39. The molecule has 1 aromatic carbocycles. The molecule has 1 fully saturated rings. The van der Waals surface area contributed by atoms with E-state index in [-0.39, 0.29) is 16.8 Å². The molecule has 2 aliphatic carbocycles. The molecule has 0 radical (unpaired) electrons. The van der Waals surface area contributed by atoms with Crippen LogP contribution in [0.1, 0.15) is 53.4 Å². The third-order valence-corrected chi connectivity index (χ3v) is 7.69. The van der Waals surface area contributed by atoms with Gasteiger partial charge in [-0.2, -0.15) is 0 Å². The molecule has 0 aliphatic heterocycles. The van der Waals surface area contributed by atoms with Gasteiger partial charge in [0, 0.05) is 10.9 Å². The maximum Gasteiger partial charge on any atom is 0.262 e. The van der Waals surface area contributed by atoms with Crippen molar-refractivity contribution < 1.29 is 17.9 Å². The third-order valence-electron chi connectivity index (χ3n) is 4.98. The zero-order chi connectivity index (χ0) is 19.7. The number of carbonyl (C=O) groups is 1. The lowest BCUT2D eigenvalue weighted by atomic mass is 9.95. The summed E-state index contributed by atoms with van der Waals surface area (Å²) in [6.45, 7) is 2.39. The molecule has 0 atom stereocenters. The van der Waals surface area contributed by atoms with Crippen molar-refractivity contribution in [3.63, 3.8) is 0 Å². The Balaban J connectivity index is 1.64. The second-order valence-electron chi connectivity index (χ2n) is 7.17. The second kappa shape index (κ2) is 7.75. The fourth-order valence-corrected chi connectivity index (χ4v) is 6.02. The summed E-state index contributed by atoms with van der Waals surface area (Å²) in [6.07, 6.45) is 5.80. The van der Waals surface area contributed by atoms with E-state index in [4.69, 9.17) is 4.74 Å². The average molecular weight is 421 g/mol. The molecule has 6 nitrogen and oxygen atoms in total. The van der Waals surface area contributed by atoms with Crippen LogP contribution in [-0.2, 0) is 22.9 Å². The number of fused-ring (bicyclic) bond motifs is 1. The van der Waals surface area contributed by atoms with E-state index < -0.39 is 10.0 Å². The van der Waals surface area contributed by atoms with E-state index in [9.17, 15) is 13.2 Å². The molecule has 1 aromatic heterocycles. The van der Waals surface area contributed by atoms with Crippen molar-refractivity contribution in [2.75, 3.05) is 11.3 Å². The average Bonchev–Trinajstić information content (AvgIpc) is 3.40. The number of benzene rings is 1. The maximum atomic E-state index is 12.9. The minimum Gasteiger partial charge on any atom is -0.494 e. The molecule has 0 saturated heterocycles. The zero-order valence-electron chi connectivity index (χ0n) is 15.8. The fraction of sp³-hybridized carbons (Fsp3) is 0.450. The Morgan fingerprint density at radius 2 is 1.89 bits per heavy atom. The van der Waals surface area contributed by atoms with E-state index in [2.05, 4.69) is 10.0 Å². The van der Waals surface area contributed by atoms with E-state index >= 15 is 0 Å². The second-order valence-corrected chi connectivity index (χ2v) is 9.96. The minimum absolute atomic E-state index is 0.149. The van der Waals surface area contributed by atoms with E-state index in [0.717, 1.165) is 49.0 Å². The summed E-state index contributed by atoms with van der Waals surface area (Å²) in [5.41, 5.74) is 1.53. The Kier molecular flexibility index (Phi) is 5.33. The Morgan fingerprint density at radius 3 is 2.57 bits per heavy atom. The van der Waals surface area contributed by atoms with Crippen molar-refractivity contribution in [1.82, 2.24) is 5.32 Å². The van der Waals surface area contributed by atoms with Gasteiger partial charge < -0.3 is 10.1 Å². The minimum atomic E-state index is -3.79. The highest BCUT2D eigenvalue weighted by Crippen LogP contribution is 2.39. The Morgan fingerprint density at radius 1 is 1.18 bits per heavy atom. The summed E-state index contributed by atoms with van der Waals surface area (Å²) in [7, 11) is -3.79. The van der Waals surface area contributed by atoms with E-state index in [1.54, 1.807) is 12.1 Å². The normalized spacial score (nSPS) is 16.3. The van der Waals surface area contributed by atoms with Crippen molar-refractivity contribution in [2.45, 2.75) is 56.4 Å². The number of carbonyl (C=O) groups excluding carboxylic acids is 1. The van der Waals surface area contributed by atoms with Crippen molar-refractivity contribution in [2.24, 2.45) is 0 Å². The van der Waals surface area contributed by atoms with Crippen LogP contribution in [0.25, 0.3) is 0 Å². The van der Waals surface area contributed by atoms with Gasteiger partial charge in [0.1, 0.15) is 10.8 Å². The van der Waals surface area contributed by atoms with Gasteiger partial charge in [0.15, 0.2) is 0 Å². The SMILES string of the molecule is CCOc1ccc(S(=O)(=O)Nc2sc3c(c2C(=O)NC2CC2)CCCC3)cc1. The Bertz CT molecular complexity index is 976. The number of ether oxygens (including phenoxy) is 1. The summed E-state index contributed by atoms with van der Waals surface area (Å²) < 4.78 is 33.9. The van der Waals surface area contributed by atoms with Crippen molar-refractivity contribution in [3.05, 3.63) is 40.3 Å². The molecule has 2 aromatic rings. The predicted molar refractivity (Wildman–Crippen MR) is 110 cm³/mol. The molecule has 1 heterocycles. The first-order chi connectivity index (χ1) is 13.5.